The molecular formula is C22H15Cl3N2O2. The van der Waals surface area contributed by atoms with E-state index in [2.05, 4.69) is 0 Å². The third kappa shape index (κ3) is 3.71. The van der Waals surface area contributed by atoms with Gasteiger partial charge in [-0.05, 0) is 31.2 Å². The molecule has 0 saturated carbocycles. The largest absolute Gasteiger partial charge is 0.462 e. The van der Waals surface area contributed by atoms with Crippen molar-refractivity contribution in [3.05, 3.63) is 81.4 Å². The zero-order chi connectivity index (χ0) is 20.5. The SMILES string of the molecule is CCOC(=O)c1cc(Cl)c2nc(-c3ccc(Cl)cc3)c(-c3ccccc3Cl)n2c1. The molecule has 0 saturated heterocycles. The topological polar surface area (TPSA) is 43.6 Å². The zero-order valence-electron chi connectivity index (χ0n) is 15.3. The van der Waals surface area contributed by atoms with Crippen molar-refractivity contribution in [1.82, 2.24) is 9.38 Å². The second-order valence-corrected chi connectivity index (χ2v) is 7.54. The van der Waals surface area contributed by atoms with E-state index in [1.807, 2.05) is 30.3 Å². The summed E-state index contributed by atoms with van der Waals surface area (Å²) in [4.78, 5) is 17.1. The predicted molar refractivity (Wildman–Crippen MR) is 117 cm³/mol. The number of ether oxygens (including phenoxy) is 1. The van der Waals surface area contributed by atoms with E-state index < -0.39 is 5.97 Å². The van der Waals surface area contributed by atoms with Gasteiger partial charge in [-0.25, -0.2) is 9.78 Å². The Morgan fingerprint density at radius 1 is 1.03 bits per heavy atom. The molecule has 0 spiro atoms. The van der Waals surface area contributed by atoms with Gasteiger partial charge < -0.3 is 4.74 Å². The molecule has 0 unspecified atom stereocenters. The molecule has 29 heavy (non-hydrogen) atoms. The monoisotopic (exact) mass is 444 g/mol. The molecule has 0 N–H and O–H groups in total. The van der Waals surface area contributed by atoms with E-state index in [9.17, 15) is 4.79 Å². The third-order valence-corrected chi connectivity index (χ3v) is 5.29. The van der Waals surface area contributed by atoms with Gasteiger partial charge in [0.05, 0.1) is 28.6 Å². The van der Waals surface area contributed by atoms with E-state index in [1.165, 1.54) is 0 Å². The Balaban J connectivity index is 2.06. The summed E-state index contributed by atoms with van der Waals surface area (Å²) in [5, 5.41) is 1.52. The molecule has 0 bridgehead atoms. The lowest BCUT2D eigenvalue weighted by atomic mass is 10.0. The molecule has 0 radical (unpaired) electrons. The Hall–Kier alpha value is -2.53. The van der Waals surface area contributed by atoms with Crippen LogP contribution in [0, 0.1) is 0 Å². The fourth-order valence-corrected chi connectivity index (χ4v) is 3.75. The van der Waals surface area contributed by atoms with Crippen LogP contribution in [0.4, 0.5) is 0 Å². The van der Waals surface area contributed by atoms with Gasteiger partial charge in [0.15, 0.2) is 5.65 Å². The van der Waals surface area contributed by atoms with Crippen LogP contribution >= 0.6 is 34.8 Å². The summed E-state index contributed by atoms with van der Waals surface area (Å²) in [6.07, 6.45) is 1.67. The quantitative estimate of drug-likeness (QED) is 0.324. The molecule has 4 nitrogen and oxygen atoms in total. The minimum Gasteiger partial charge on any atom is -0.462 e. The number of pyridine rings is 1. The van der Waals surface area contributed by atoms with Crippen LogP contribution in [-0.4, -0.2) is 22.0 Å². The van der Waals surface area contributed by atoms with Crippen LogP contribution in [0.5, 0.6) is 0 Å². The van der Waals surface area contributed by atoms with Crippen LogP contribution in [0.2, 0.25) is 15.1 Å². The number of imidazole rings is 1. The molecular weight excluding hydrogens is 431 g/mol. The Kier molecular flexibility index (Phi) is 5.50. The van der Waals surface area contributed by atoms with Gasteiger partial charge in [-0.15, -0.1) is 0 Å². The first kappa shape index (κ1) is 19.8. The van der Waals surface area contributed by atoms with Crippen molar-refractivity contribution < 1.29 is 9.53 Å². The number of esters is 1. The standard InChI is InChI=1S/C22H15Cl3N2O2/c1-2-29-22(28)14-11-18(25)21-26-19(13-7-9-15(23)10-8-13)20(27(21)12-14)16-5-3-4-6-17(16)24/h3-12H,2H2,1H3. The average Bonchev–Trinajstić information content (AvgIpc) is 3.09. The van der Waals surface area contributed by atoms with Gasteiger partial charge in [0.1, 0.15) is 0 Å². The van der Waals surface area contributed by atoms with Crippen LogP contribution in [0.3, 0.4) is 0 Å². The van der Waals surface area contributed by atoms with Crippen LogP contribution < -0.4 is 0 Å². The number of fused-ring (bicyclic) bond motifs is 1. The normalized spacial score (nSPS) is 11.0. The first-order valence-electron chi connectivity index (χ1n) is 8.89. The lowest BCUT2D eigenvalue weighted by Crippen LogP contribution is -2.06. The summed E-state index contributed by atoms with van der Waals surface area (Å²) in [5.74, 6) is -0.455. The summed E-state index contributed by atoms with van der Waals surface area (Å²) in [6.45, 7) is 2.02. The Morgan fingerprint density at radius 2 is 1.76 bits per heavy atom. The van der Waals surface area contributed by atoms with Gasteiger partial charge >= 0.3 is 5.97 Å². The molecule has 2 aromatic heterocycles. The van der Waals surface area contributed by atoms with Crippen LogP contribution in [-0.2, 0) is 4.74 Å². The highest BCUT2D eigenvalue weighted by Crippen LogP contribution is 2.38. The highest BCUT2D eigenvalue weighted by molar-refractivity contribution is 6.34. The zero-order valence-corrected chi connectivity index (χ0v) is 17.6. The van der Waals surface area contributed by atoms with Crippen LogP contribution in [0.25, 0.3) is 28.2 Å². The second kappa shape index (κ2) is 8.07. The molecule has 4 aromatic rings. The fraction of sp³-hybridized carbons (Fsp3) is 0.0909. The first-order valence-corrected chi connectivity index (χ1v) is 10.0. The number of nitrogens with zero attached hydrogens (tertiary/aromatic N) is 2. The number of carbonyl (C=O) groups is 1. The van der Waals surface area contributed by atoms with Gasteiger partial charge in [0.2, 0.25) is 0 Å². The Morgan fingerprint density at radius 3 is 2.45 bits per heavy atom. The van der Waals surface area contributed by atoms with Crippen LogP contribution in [0.15, 0.2) is 60.8 Å². The summed E-state index contributed by atoms with van der Waals surface area (Å²) in [6, 6.07) is 16.4. The molecule has 7 heteroatoms. The predicted octanol–water partition coefficient (Wildman–Crippen LogP) is 6.81. The molecule has 2 heterocycles. The summed E-state index contributed by atoms with van der Waals surface area (Å²) < 4.78 is 6.91. The average molecular weight is 446 g/mol. The molecule has 146 valence electrons. The van der Waals surface area contributed by atoms with Crippen molar-refractivity contribution in [3.8, 4) is 22.5 Å². The Labute approximate surface area is 182 Å². The highest BCUT2D eigenvalue weighted by atomic mass is 35.5. The molecule has 0 aliphatic rings. The molecule has 0 aliphatic heterocycles. The summed E-state index contributed by atoms with van der Waals surface area (Å²) >= 11 is 19.0. The lowest BCUT2D eigenvalue weighted by molar-refractivity contribution is 0.0526. The smallest absolute Gasteiger partial charge is 0.339 e. The van der Waals surface area contributed by atoms with Crippen molar-refractivity contribution in [2.45, 2.75) is 6.92 Å². The van der Waals surface area contributed by atoms with E-state index in [1.54, 1.807) is 41.8 Å². The maximum atomic E-state index is 12.3. The minimum atomic E-state index is -0.455. The number of hydrogen-bond acceptors (Lipinski definition) is 3. The summed E-state index contributed by atoms with van der Waals surface area (Å²) in [7, 11) is 0. The molecule has 0 fully saturated rings. The van der Waals surface area contributed by atoms with Crippen molar-refractivity contribution in [2.24, 2.45) is 0 Å². The third-order valence-electron chi connectivity index (χ3n) is 4.43. The van der Waals surface area contributed by atoms with E-state index in [0.717, 1.165) is 16.8 Å². The van der Waals surface area contributed by atoms with E-state index in [-0.39, 0.29) is 6.61 Å². The number of aromatic nitrogens is 2. The molecule has 0 amide bonds. The van der Waals surface area contributed by atoms with Crippen molar-refractivity contribution >= 4 is 46.4 Å². The van der Waals surface area contributed by atoms with Gasteiger partial charge in [-0.3, -0.25) is 4.40 Å². The molecule has 0 aliphatic carbocycles. The van der Waals surface area contributed by atoms with Gasteiger partial charge in [-0.1, -0.05) is 65.1 Å². The first-order chi connectivity index (χ1) is 14.0. The second-order valence-electron chi connectivity index (χ2n) is 6.29. The maximum absolute atomic E-state index is 12.3. The van der Waals surface area contributed by atoms with Gasteiger partial charge in [0.25, 0.3) is 0 Å². The van der Waals surface area contributed by atoms with Crippen molar-refractivity contribution in [1.29, 1.82) is 0 Å². The molecule has 4 rings (SSSR count). The number of benzene rings is 2. The number of halogens is 3. The van der Waals surface area contributed by atoms with Crippen LogP contribution in [0.1, 0.15) is 17.3 Å². The van der Waals surface area contributed by atoms with E-state index in [0.29, 0.717) is 32.0 Å². The van der Waals surface area contributed by atoms with E-state index >= 15 is 0 Å². The van der Waals surface area contributed by atoms with Gasteiger partial charge in [-0.2, -0.15) is 0 Å². The Bertz CT molecular complexity index is 1220. The van der Waals surface area contributed by atoms with E-state index in [4.69, 9.17) is 44.5 Å². The molecule has 2 aromatic carbocycles. The summed E-state index contributed by atoms with van der Waals surface area (Å²) in [5.41, 5.74) is 3.86. The molecule has 0 atom stereocenters. The number of carbonyl (C=O) groups excluding carboxylic acids is 1. The highest BCUT2D eigenvalue weighted by Gasteiger charge is 2.21. The van der Waals surface area contributed by atoms with Crippen molar-refractivity contribution in [2.75, 3.05) is 6.61 Å². The van der Waals surface area contributed by atoms with Crippen molar-refractivity contribution in [3.63, 3.8) is 0 Å². The lowest BCUT2D eigenvalue weighted by Gasteiger charge is -2.09. The number of rotatable bonds is 4. The fourth-order valence-electron chi connectivity index (χ4n) is 3.15. The number of hydrogen-bond donors (Lipinski definition) is 0. The maximum Gasteiger partial charge on any atom is 0.339 e. The minimum absolute atomic E-state index is 0.270. The van der Waals surface area contributed by atoms with Gasteiger partial charge in [0, 0.05) is 27.4 Å².